The van der Waals surface area contributed by atoms with Gasteiger partial charge in [-0.05, 0) is 48.9 Å². The predicted octanol–water partition coefficient (Wildman–Crippen LogP) is 5.63. The molecule has 5 aromatic rings. The Kier molecular flexibility index (Phi) is 5.85. The summed E-state index contributed by atoms with van der Waals surface area (Å²) in [6.07, 6.45) is 3.43. The van der Waals surface area contributed by atoms with Crippen molar-refractivity contribution in [3.63, 3.8) is 0 Å². The number of urea groups is 1. The minimum Gasteiger partial charge on any atom is -0.348 e. The van der Waals surface area contributed by atoms with Gasteiger partial charge in [-0.2, -0.15) is 4.98 Å². The van der Waals surface area contributed by atoms with E-state index in [1.807, 2.05) is 77.4 Å². The number of rotatable bonds is 6. The highest BCUT2D eigenvalue weighted by molar-refractivity contribution is 6.00. The molecule has 0 bridgehead atoms. The van der Waals surface area contributed by atoms with Crippen molar-refractivity contribution >= 4 is 34.4 Å². The SMILES string of the molecule is C[C@H](Nc1nccc(-n2cnc3cc(NC(=O)Nc4ccccc4)ccc32)n1)c1ccccc1. The summed E-state index contributed by atoms with van der Waals surface area (Å²) < 4.78 is 1.89. The summed E-state index contributed by atoms with van der Waals surface area (Å²) in [4.78, 5) is 25.8. The third kappa shape index (κ3) is 4.71. The second kappa shape index (κ2) is 9.41. The lowest BCUT2D eigenvalue weighted by atomic mass is 10.1. The van der Waals surface area contributed by atoms with Gasteiger partial charge in [0, 0.05) is 17.6 Å². The van der Waals surface area contributed by atoms with Crippen LogP contribution < -0.4 is 16.0 Å². The number of carbonyl (C=O) groups is 1. The van der Waals surface area contributed by atoms with Gasteiger partial charge in [-0.3, -0.25) is 4.57 Å². The van der Waals surface area contributed by atoms with Crippen LogP contribution in [0.25, 0.3) is 16.9 Å². The first-order valence-electron chi connectivity index (χ1n) is 10.9. The van der Waals surface area contributed by atoms with Crippen LogP contribution in [0.15, 0.2) is 97.5 Å². The van der Waals surface area contributed by atoms with Gasteiger partial charge in [-0.1, -0.05) is 48.5 Å². The molecule has 0 radical (unpaired) electrons. The lowest BCUT2D eigenvalue weighted by Gasteiger charge is -2.14. The van der Waals surface area contributed by atoms with Crippen molar-refractivity contribution < 1.29 is 4.79 Å². The summed E-state index contributed by atoms with van der Waals surface area (Å²) in [5.74, 6) is 1.23. The molecule has 2 aromatic heterocycles. The molecule has 0 aliphatic rings. The zero-order valence-electron chi connectivity index (χ0n) is 18.5. The number of hydrogen-bond donors (Lipinski definition) is 3. The molecule has 2 heterocycles. The maximum atomic E-state index is 12.3. The Hall–Kier alpha value is -4.72. The van der Waals surface area contributed by atoms with E-state index in [1.165, 1.54) is 0 Å². The summed E-state index contributed by atoms with van der Waals surface area (Å²) >= 11 is 0. The van der Waals surface area contributed by atoms with Crippen LogP contribution in [0.3, 0.4) is 0 Å². The number of fused-ring (bicyclic) bond motifs is 1. The van der Waals surface area contributed by atoms with Crippen LogP contribution >= 0.6 is 0 Å². The molecule has 3 N–H and O–H groups in total. The number of para-hydroxylation sites is 1. The van der Waals surface area contributed by atoms with Crippen LogP contribution in [0.2, 0.25) is 0 Å². The van der Waals surface area contributed by atoms with Crippen LogP contribution in [0.5, 0.6) is 0 Å². The average Bonchev–Trinajstić information content (AvgIpc) is 3.28. The summed E-state index contributed by atoms with van der Waals surface area (Å²) in [6, 6.07) is 26.6. The molecule has 2 amide bonds. The third-order valence-electron chi connectivity index (χ3n) is 5.37. The number of nitrogens with one attached hydrogen (secondary N) is 3. The molecule has 0 spiro atoms. The van der Waals surface area contributed by atoms with Crippen LogP contribution in [0.1, 0.15) is 18.5 Å². The van der Waals surface area contributed by atoms with E-state index in [0.717, 1.165) is 22.3 Å². The zero-order chi connectivity index (χ0) is 23.3. The molecule has 3 aromatic carbocycles. The van der Waals surface area contributed by atoms with Crippen LogP contribution in [-0.4, -0.2) is 25.6 Å². The van der Waals surface area contributed by atoms with Gasteiger partial charge < -0.3 is 16.0 Å². The molecule has 5 rings (SSSR count). The minimum absolute atomic E-state index is 0.0617. The number of amides is 2. The molecule has 0 unspecified atom stereocenters. The first kappa shape index (κ1) is 21.1. The lowest BCUT2D eigenvalue weighted by molar-refractivity contribution is 0.262. The fourth-order valence-corrected chi connectivity index (χ4v) is 3.66. The maximum absolute atomic E-state index is 12.3. The Morgan fingerprint density at radius 1 is 0.853 bits per heavy atom. The molecule has 168 valence electrons. The molecular formula is C26H23N7O. The van der Waals surface area contributed by atoms with Crippen molar-refractivity contribution in [2.75, 3.05) is 16.0 Å². The van der Waals surface area contributed by atoms with Crippen molar-refractivity contribution in [3.8, 4) is 5.82 Å². The molecule has 0 aliphatic heterocycles. The Labute approximate surface area is 196 Å². The highest BCUT2D eigenvalue weighted by atomic mass is 16.2. The summed E-state index contributed by atoms with van der Waals surface area (Å²) in [5.41, 5.74) is 4.13. The number of aromatic nitrogens is 4. The first-order chi connectivity index (χ1) is 16.7. The third-order valence-corrected chi connectivity index (χ3v) is 5.37. The monoisotopic (exact) mass is 449 g/mol. The molecule has 0 aliphatic carbocycles. The number of anilines is 3. The van der Waals surface area contributed by atoms with Crippen molar-refractivity contribution in [2.24, 2.45) is 0 Å². The van der Waals surface area contributed by atoms with E-state index >= 15 is 0 Å². The molecular weight excluding hydrogens is 426 g/mol. The highest BCUT2D eigenvalue weighted by Crippen LogP contribution is 2.22. The molecule has 34 heavy (non-hydrogen) atoms. The van der Waals surface area contributed by atoms with Gasteiger partial charge in [-0.15, -0.1) is 0 Å². The quantitative estimate of drug-likeness (QED) is 0.312. The van der Waals surface area contributed by atoms with E-state index in [0.29, 0.717) is 17.5 Å². The van der Waals surface area contributed by atoms with Gasteiger partial charge in [0.2, 0.25) is 5.95 Å². The summed E-state index contributed by atoms with van der Waals surface area (Å²) in [6.45, 7) is 2.07. The summed E-state index contributed by atoms with van der Waals surface area (Å²) in [5, 5.41) is 9.00. The van der Waals surface area contributed by atoms with Crippen LogP contribution in [-0.2, 0) is 0 Å². The molecule has 0 saturated carbocycles. The first-order valence-corrected chi connectivity index (χ1v) is 10.9. The van der Waals surface area contributed by atoms with E-state index in [2.05, 4.69) is 50.0 Å². The molecule has 0 saturated heterocycles. The second-order valence-corrected chi connectivity index (χ2v) is 7.78. The number of benzene rings is 3. The van der Waals surface area contributed by atoms with Crippen LogP contribution in [0.4, 0.5) is 22.1 Å². The number of nitrogens with zero attached hydrogens (tertiary/aromatic N) is 4. The molecule has 8 heteroatoms. The average molecular weight is 450 g/mol. The topological polar surface area (TPSA) is 96.8 Å². The number of hydrogen-bond acceptors (Lipinski definition) is 5. The van der Waals surface area contributed by atoms with Gasteiger partial charge in [0.05, 0.1) is 17.1 Å². The van der Waals surface area contributed by atoms with Crippen molar-refractivity contribution in [1.29, 1.82) is 0 Å². The standard InChI is InChI=1S/C26H23N7O/c1-18(19-8-4-2-5-9-19)29-25-27-15-14-24(32-25)33-17-28-22-16-21(12-13-23(22)33)31-26(34)30-20-10-6-3-7-11-20/h2-18H,1H3,(H,27,29,32)(H2,30,31,34)/t18-/m0/s1. The van der Waals surface area contributed by atoms with Gasteiger partial charge in [0.1, 0.15) is 12.1 Å². The number of carbonyl (C=O) groups excluding carboxylic acids is 1. The van der Waals surface area contributed by atoms with Crippen molar-refractivity contribution in [3.05, 3.63) is 103 Å². The van der Waals surface area contributed by atoms with E-state index in [4.69, 9.17) is 0 Å². The summed E-state index contributed by atoms with van der Waals surface area (Å²) in [7, 11) is 0. The van der Waals surface area contributed by atoms with Crippen LogP contribution in [0, 0.1) is 0 Å². The van der Waals surface area contributed by atoms with Gasteiger partial charge in [0.15, 0.2) is 0 Å². The normalized spacial score (nSPS) is 11.7. The van der Waals surface area contributed by atoms with Gasteiger partial charge in [-0.25, -0.2) is 14.8 Å². The lowest BCUT2D eigenvalue weighted by Crippen LogP contribution is -2.19. The van der Waals surface area contributed by atoms with Gasteiger partial charge >= 0.3 is 6.03 Å². The van der Waals surface area contributed by atoms with Crippen molar-refractivity contribution in [1.82, 2.24) is 19.5 Å². The Bertz CT molecular complexity index is 1420. The van der Waals surface area contributed by atoms with E-state index in [-0.39, 0.29) is 12.1 Å². The number of imidazole rings is 1. The fourth-order valence-electron chi connectivity index (χ4n) is 3.66. The highest BCUT2D eigenvalue weighted by Gasteiger charge is 2.11. The van der Waals surface area contributed by atoms with Crippen molar-refractivity contribution in [2.45, 2.75) is 13.0 Å². The fraction of sp³-hybridized carbons (Fsp3) is 0.0769. The Morgan fingerprint density at radius 3 is 2.38 bits per heavy atom. The Balaban J connectivity index is 1.33. The van der Waals surface area contributed by atoms with Gasteiger partial charge in [0.25, 0.3) is 0 Å². The molecule has 8 nitrogen and oxygen atoms in total. The second-order valence-electron chi connectivity index (χ2n) is 7.78. The van der Waals surface area contributed by atoms with E-state index in [9.17, 15) is 4.79 Å². The largest absolute Gasteiger partial charge is 0.348 e. The molecule has 1 atom stereocenters. The predicted molar refractivity (Wildman–Crippen MR) is 134 cm³/mol. The van der Waals surface area contributed by atoms with E-state index in [1.54, 1.807) is 12.5 Å². The maximum Gasteiger partial charge on any atom is 0.323 e. The minimum atomic E-state index is -0.316. The smallest absolute Gasteiger partial charge is 0.323 e. The Morgan fingerprint density at radius 2 is 1.59 bits per heavy atom. The molecule has 0 fully saturated rings. The van der Waals surface area contributed by atoms with E-state index < -0.39 is 0 Å². The zero-order valence-corrected chi connectivity index (χ0v) is 18.5.